The topological polar surface area (TPSA) is 66.8 Å². The standard InChI is InChI=1S/C19H15Cl2NO4/c20-14-6-2-1-5-12(14)9-16(19(24)25)22-11-13(10-18(22)23)26-17-8-4-3-7-15(17)21/h1-8,10,16H,9,11H2,(H,24,25)/t16-/m0/s1. The second-order valence-corrected chi connectivity index (χ2v) is 6.57. The minimum absolute atomic E-state index is 0.0471. The van der Waals surface area contributed by atoms with Gasteiger partial charge in [0, 0.05) is 17.5 Å². The molecule has 1 atom stereocenters. The van der Waals surface area contributed by atoms with E-state index in [2.05, 4.69) is 0 Å². The number of halogens is 2. The lowest BCUT2D eigenvalue weighted by Gasteiger charge is -2.25. The first-order valence-corrected chi connectivity index (χ1v) is 8.61. The molecule has 3 rings (SSSR count). The van der Waals surface area contributed by atoms with Crippen LogP contribution in [0.5, 0.6) is 5.75 Å². The van der Waals surface area contributed by atoms with Crippen molar-refractivity contribution in [2.24, 2.45) is 0 Å². The third-order valence-corrected chi connectivity index (χ3v) is 4.68. The molecule has 0 fully saturated rings. The van der Waals surface area contributed by atoms with Crippen LogP contribution < -0.4 is 4.74 Å². The van der Waals surface area contributed by atoms with E-state index in [1.807, 2.05) is 0 Å². The normalized spacial score (nSPS) is 14.9. The fourth-order valence-corrected chi connectivity index (χ4v) is 3.10. The number of carbonyl (C=O) groups excluding carboxylic acids is 1. The zero-order valence-electron chi connectivity index (χ0n) is 13.6. The lowest BCUT2D eigenvalue weighted by Crippen LogP contribution is -2.44. The molecule has 0 aliphatic carbocycles. The summed E-state index contributed by atoms with van der Waals surface area (Å²) >= 11 is 12.2. The van der Waals surface area contributed by atoms with Crippen molar-refractivity contribution in [1.29, 1.82) is 0 Å². The Labute approximate surface area is 160 Å². The van der Waals surface area contributed by atoms with Gasteiger partial charge >= 0.3 is 5.97 Å². The van der Waals surface area contributed by atoms with Crippen molar-refractivity contribution in [2.45, 2.75) is 12.5 Å². The van der Waals surface area contributed by atoms with Gasteiger partial charge in [-0.1, -0.05) is 53.5 Å². The Bertz CT molecular complexity index is 881. The quantitative estimate of drug-likeness (QED) is 0.812. The summed E-state index contributed by atoms with van der Waals surface area (Å²) in [6.07, 6.45) is 1.39. The minimum atomic E-state index is -1.11. The molecule has 5 nitrogen and oxygen atoms in total. The molecule has 0 saturated heterocycles. The van der Waals surface area contributed by atoms with Gasteiger partial charge in [-0.3, -0.25) is 4.79 Å². The molecule has 0 aromatic heterocycles. The Morgan fingerprint density at radius 3 is 2.42 bits per heavy atom. The average Bonchev–Trinajstić information content (AvgIpc) is 2.96. The van der Waals surface area contributed by atoms with Gasteiger partial charge in [-0.15, -0.1) is 0 Å². The summed E-state index contributed by atoms with van der Waals surface area (Å²) in [5, 5.41) is 10.5. The molecule has 1 heterocycles. The predicted octanol–water partition coefficient (Wildman–Crippen LogP) is 3.79. The van der Waals surface area contributed by atoms with E-state index >= 15 is 0 Å². The average molecular weight is 392 g/mol. The first-order chi connectivity index (χ1) is 12.5. The van der Waals surface area contributed by atoms with Crippen molar-refractivity contribution in [3.05, 3.63) is 76.0 Å². The molecule has 26 heavy (non-hydrogen) atoms. The highest BCUT2D eigenvalue weighted by Crippen LogP contribution is 2.28. The number of nitrogens with zero attached hydrogens (tertiary/aromatic N) is 1. The van der Waals surface area contributed by atoms with Gasteiger partial charge in [-0.2, -0.15) is 0 Å². The Hall–Kier alpha value is -2.50. The van der Waals surface area contributed by atoms with Crippen LogP contribution >= 0.6 is 23.2 Å². The molecule has 0 radical (unpaired) electrons. The Kier molecular flexibility index (Phi) is 5.49. The molecular formula is C19H15Cl2NO4. The molecule has 1 aliphatic heterocycles. The predicted molar refractivity (Wildman–Crippen MR) is 98.5 cm³/mol. The second-order valence-electron chi connectivity index (χ2n) is 5.76. The van der Waals surface area contributed by atoms with Gasteiger partial charge < -0.3 is 14.7 Å². The molecule has 2 aromatic rings. The number of hydrogen-bond acceptors (Lipinski definition) is 3. The number of para-hydroxylation sites is 1. The molecule has 0 spiro atoms. The van der Waals surface area contributed by atoms with Crippen LogP contribution in [0.15, 0.2) is 60.4 Å². The van der Waals surface area contributed by atoms with E-state index in [9.17, 15) is 14.7 Å². The maximum atomic E-state index is 12.3. The van der Waals surface area contributed by atoms with Crippen molar-refractivity contribution in [3.63, 3.8) is 0 Å². The van der Waals surface area contributed by atoms with E-state index in [-0.39, 0.29) is 13.0 Å². The van der Waals surface area contributed by atoms with Crippen LogP contribution in [0.1, 0.15) is 5.56 Å². The van der Waals surface area contributed by atoms with Gasteiger partial charge in [0.1, 0.15) is 17.6 Å². The number of aliphatic carboxylic acids is 1. The third-order valence-electron chi connectivity index (χ3n) is 4.00. The van der Waals surface area contributed by atoms with E-state index in [0.29, 0.717) is 27.1 Å². The van der Waals surface area contributed by atoms with Gasteiger partial charge in [-0.25, -0.2) is 4.79 Å². The summed E-state index contributed by atoms with van der Waals surface area (Å²) < 4.78 is 5.66. The van der Waals surface area contributed by atoms with Gasteiger partial charge in [0.05, 0.1) is 11.6 Å². The smallest absolute Gasteiger partial charge is 0.326 e. The number of amides is 1. The molecule has 2 aromatic carbocycles. The lowest BCUT2D eigenvalue weighted by atomic mass is 10.0. The van der Waals surface area contributed by atoms with Gasteiger partial charge in [0.25, 0.3) is 5.91 Å². The third kappa shape index (κ3) is 4.00. The lowest BCUT2D eigenvalue weighted by molar-refractivity contribution is -0.147. The number of carboxylic acid groups (broad SMARTS) is 1. The van der Waals surface area contributed by atoms with Crippen molar-refractivity contribution < 1.29 is 19.4 Å². The van der Waals surface area contributed by atoms with E-state index in [0.717, 1.165) is 0 Å². The Morgan fingerprint density at radius 1 is 1.12 bits per heavy atom. The van der Waals surface area contributed by atoms with E-state index < -0.39 is 17.9 Å². The summed E-state index contributed by atoms with van der Waals surface area (Å²) in [5.74, 6) is -0.779. The molecule has 1 amide bonds. The SMILES string of the molecule is O=C(O)[C@H](Cc1ccccc1Cl)N1CC(Oc2ccccc2Cl)=CC1=O. The Morgan fingerprint density at radius 2 is 1.77 bits per heavy atom. The van der Waals surface area contributed by atoms with Crippen LogP contribution in [0, 0.1) is 0 Å². The first kappa shape index (κ1) is 18.3. The maximum absolute atomic E-state index is 12.3. The summed E-state index contributed by atoms with van der Waals surface area (Å²) in [6.45, 7) is 0.0471. The molecule has 1 aliphatic rings. The fraction of sp³-hybridized carbons (Fsp3) is 0.158. The molecule has 0 bridgehead atoms. The molecule has 0 saturated carbocycles. The zero-order chi connectivity index (χ0) is 18.7. The number of ether oxygens (including phenoxy) is 1. The summed E-state index contributed by atoms with van der Waals surface area (Å²) in [6, 6.07) is 12.8. The largest absolute Gasteiger partial charge is 0.480 e. The van der Waals surface area contributed by atoms with E-state index in [1.54, 1.807) is 48.5 Å². The molecule has 0 unspecified atom stereocenters. The van der Waals surface area contributed by atoms with Crippen LogP contribution in [0.25, 0.3) is 0 Å². The van der Waals surface area contributed by atoms with Crippen molar-refractivity contribution >= 4 is 35.1 Å². The molecular weight excluding hydrogens is 377 g/mol. The summed E-state index contributed by atoms with van der Waals surface area (Å²) in [5.41, 5.74) is 0.662. The van der Waals surface area contributed by atoms with Crippen LogP contribution in [0.3, 0.4) is 0 Å². The number of carboxylic acids is 1. The number of benzene rings is 2. The first-order valence-electron chi connectivity index (χ1n) is 7.85. The van der Waals surface area contributed by atoms with Crippen molar-refractivity contribution in [3.8, 4) is 5.75 Å². The molecule has 1 N–H and O–H groups in total. The van der Waals surface area contributed by atoms with Crippen LogP contribution in [-0.4, -0.2) is 34.5 Å². The molecule has 7 heteroatoms. The highest BCUT2D eigenvalue weighted by Gasteiger charge is 2.34. The fourth-order valence-electron chi connectivity index (χ4n) is 2.71. The van der Waals surface area contributed by atoms with Gasteiger partial charge in [0.2, 0.25) is 0 Å². The van der Waals surface area contributed by atoms with Crippen molar-refractivity contribution in [2.75, 3.05) is 6.54 Å². The molecule has 134 valence electrons. The summed E-state index contributed by atoms with van der Waals surface area (Å²) in [7, 11) is 0. The van der Waals surface area contributed by atoms with E-state index in [1.165, 1.54) is 11.0 Å². The number of rotatable bonds is 6. The van der Waals surface area contributed by atoms with E-state index in [4.69, 9.17) is 27.9 Å². The number of hydrogen-bond donors (Lipinski definition) is 1. The zero-order valence-corrected chi connectivity index (χ0v) is 15.1. The summed E-state index contributed by atoms with van der Waals surface area (Å²) in [4.78, 5) is 25.3. The van der Waals surface area contributed by atoms with Gasteiger partial charge in [-0.05, 0) is 23.8 Å². The van der Waals surface area contributed by atoms with Gasteiger partial charge in [0.15, 0.2) is 0 Å². The Balaban J connectivity index is 1.76. The van der Waals surface area contributed by atoms with Crippen LogP contribution in [0.2, 0.25) is 10.0 Å². The van der Waals surface area contributed by atoms with Crippen LogP contribution in [0.4, 0.5) is 0 Å². The monoisotopic (exact) mass is 391 g/mol. The van der Waals surface area contributed by atoms with Crippen LogP contribution in [-0.2, 0) is 16.0 Å². The number of carbonyl (C=O) groups is 2. The highest BCUT2D eigenvalue weighted by molar-refractivity contribution is 6.32. The minimum Gasteiger partial charge on any atom is -0.480 e. The second kappa shape index (κ2) is 7.81. The van der Waals surface area contributed by atoms with Crippen molar-refractivity contribution in [1.82, 2.24) is 4.90 Å². The highest BCUT2D eigenvalue weighted by atomic mass is 35.5. The maximum Gasteiger partial charge on any atom is 0.326 e.